The van der Waals surface area contributed by atoms with Gasteiger partial charge in [-0.3, -0.25) is 14.5 Å². The average Bonchev–Trinajstić information content (AvgIpc) is 3.34. The van der Waals surface area contributed by atoms with Crippen molar-refractivity contribution in [2.24, 2.45) is 50.7 Å². The van der Waals surface area contributed by atoms with Crippen molar-refractivity contribution in [2.45, 2.75) is 158 Å². The minimum Gasteiger partial charge on any atom is -0.462 e. The Balaban J connectivity index is 1.41. The van der Waals surface area contributed by atoms with Gasteiger partial charge in [0.05, 0.1) is 6.54 Å². The summed E-state index contributed by atoms with van der Waals surface area (Å²) in [5.74, 6) is 0.955. The lowest BCUT2D eigenvalue weighted by Gasteiger charge is -2.72. The molecule has 9 atom stereocenters. The lowest BCUT2D eigenvalue weighted by atomic mass is 9.33. The van der Waals surface area contributed by atoms with E-state index in [0.29, 0.717) is 23.3 Å². The van der Waals surface area contributed by atoms with Gasteiger partial charge >= 0.3 is 12.1 Å². The van der Waals surface area contributed by atoms with E-state index in [9.17, 15) is 19.5 Å². The molecule has 8 heteroatoms. The smallest absolute Gasteiger partial charge is 0.412 e. The molecule has 0 bridgehead atoms. The summed E-state index contributed by atoms with van der Waals surface area (Å²) in [7, 11) is 0. The second kappa shape index (κ2) is 13.1. The van der Waals surface area contributed by atoms with Gasteiger partial charge in [0, 0.05) is 29.2 Å². The molecule has 9 unspecified atom stereocenters. The number of carbonyl (C=O) groups is 3. The zero-order valence-corrected chi connectivity index (χ0v) is 34.4. The molecule has 7 nitrogen and oxygen atoms in total. The number of fused-ring (bicyclic) bond motifs is 7. The number of esters is 1. The molecule has 0 saturated heterocycles. The predicted molar refractivity (Wildman–Crippen MR) is 204 cm³/mol. The monoisotopic (exact) mass is 737 g/mol. The van der Waals surface area contributed by atoms with Crippen molar-refractivity contribution in [3.05, 3.63) is 46.0 Å². The number of hydrogen-bond acceptors (Lipinski definition) is 6. The topological polar surface area (TPSA) is 93.1 Å². The molecule has 288 valence electrons. The molecule has 4 fully saturated rings. The summed E-state index contributed by atoms with van der Waals surface area (Å²) in [5, 5.41) is 13.4. The van der Waals surface area contributed by atoms with Crippen molar-refractivity contribution in [3.63, 3.8) is 0 Å². The molecule has 1 N–H and O–H groups in total. The van der Waals surface area contributed by atoms with Crippen LogP contribution in [0.25, 0.3) is 0 Å². The zero-order chi connectivity index (χ0) is 38.4. The molecular weight excluding hydrogens is 674 g/mol. The lowest BCUT2D eigenvalue weighted by molar-refractivity contribution is -0.236. The highest BCUT2D eigenvalue weighted by Crippen LogP contribution is 2.77. The number of ketones is 1. The van der Waals surface area contributed by atoms with Crippen LogP contribution in [0.15, 0.2) is 35.4 Å². The number of ether oxygens (including phenoxy) is 2. The molecule has 0 spiro atoms. The Labute approximate surface area is 317 Å². The highest BCUT2D eigenvalue weighted by Gasteiger charge is 2.71. The molecular formula is C44H64ClNO6. The van der Waals surface area contributed by atoms with Gasteiger partial charge in [-0.05, 0) is 141 Å². The standard InChI is InChI=1S/C44H64ClNO6/c1-26(2)35-31(48)24-44(37(49)46(38(50)52-39(4,5)6)25-28-12-14-29(45)15-13-28)23-22-42(10)30(36(35)44)16-17-33-41(9)20-19-34(51-27(3)47)40(7,8)32(41)18-21-43(33,42)11/h12-15,26,30,32-34,37,49H,16-25H2,1-11H3. The summed E-state index contributed by atoms with van der Waals surface area (Å²) < 4.78 is 11.9. The van der Waals surface area contributed by atoms with Gasteiger partial charge in [0.15, 0.2) is 5.78 Å². The number of rotatable bonds is 6. The van der Waals surface area contributed by atoms with Crippen molar-refractivity contribution in [2.75, 3.05) is 0 Å². The van der Waals surface area contributed by atoms with E-state index in [0.717, 1.165) is 61.7 Å². The van der Waals surface area contributed by atoms with Crippen molar-refractivity contribution in [1.82, 2.24) is 4.90 Å². The number of nitrogens with zero attached hydrogens (tertiary/aromatic N) is 1. The first-order valence-corrected chi connectivity index (χ1v) is 20.3. The molecule has 0 radical (unpaired) electrons. The van der Waals surface area contributed by atoms with Crippen molar-refractivity contribution >= 4 is 29.4 Å². The van der Waals surface area contributed by atoms with E-state index < -0.39 is 23.3 Å². The maximum atomic E-state index is 14.3. The van der Waals surface area contributed by atoms with E-state index in [1.807, 2.05) is 32.9 Å². The Bertz CT molecular complexity index is 1630. The van der Waals surface area contributed by atoms with Gasteiger partial charge in [-0.25, -0.2) is 4.79 Å². The maximum absolute atomic E-state index is 14.3. The summed E-state index contributed by atoms with van der Waals surface area (Å²) >= 11 is 6.22. The molecule has 1 amide bonds. The van der Waals surface area contributed by atoms with Crippen LogP contribution >= 0.6 is 11.6 Å². The van der Waals surface area contributed by atoms with E-state index in [2.05, 4.69) is 48.5 Å². The number of aliphatic hydroxyl groups is 1. The van der Waals surface area contributed by atoms with Gasteiger partial charge < -0.3 is 14.6 Å². The molecule has 1 aromatic rings. The molecule has 0 aromatic heterocycles. The van der Waals surface area contributed by atoms with Crippen LogP contribution in [0.3, 0.4) is 0 Å². The number of allylic oxidation sites excluding steroid dienone is 1. The van der Waals surface area contributed by atoms with Crippen molar-refractivity contribution in [3.8, 4) is 0 Å². The lowest BCUT2D eigenvalue weighted by Crippen LogP contribution is -2.66. The van der Waals surface area contributed by atoms with Gasteiger partial charge in [-0.1, -0.05) is 72.2 Å². The first kappa shape index (κ1) is 39.3. The fourth-order valence-corrected chi connectivity index (χ4v) is 13.2. The van der Waals surface area contributed by atoms with Crippen molar-refractivity contribution in [1.29, 1.82) is 0 Å². The number of aliphatic hydroxyl groups excluding tert-OH is 1. The Kier molecular flexibility index (Phi) is 9.93. The molecule has 52 heavy (non-hydrogen) atoms. The number of halogens is 1. The van der Waals surface area contributed by atoms with Gasteiger partial charge in [-0.15, -0.1) is 0 Å². The highest BCUT2D eigenvalue weighted by molar-refractivity contribution is 6.30. The van der Waals surface area contributed by atoms with Crippen LogP contribution in [0.2, 0.25) is 5.02 Å². The Morgan fingerprint density at radius 1 is 0.923 bits per heavy atom. The second-order valence-corrected chi connectivity index (χ2v) is 20.4. The third kappa shape index (κ3) is 6.07. The van der Waals surface area contributed by atoms with Crippen LogP contribution in [0.4, 0.5) is 4.79 Å². The SMILES string of the molecule is CC(=O)OC1CCC2(C)C(CCC3(C)C2CCC2C4=C(C(C)C)C(=O)CC4(C(O)N(Cc4ccc(Cl)cc4)C(=O)OC(C)(C)C)CCC23C)C1(C)C. The van der Waals surface area contributed by atoms with Crippen LogP contribution in [0, 0.1) is 50.7 Å². The number of benzene rings is 1. The fourth-order valence-electron chi connectivity index (χ4n) is 13.0. The van der Waals surface area contributed by atoms with Gasteiger partial charge in [0.1, 0.15) is 17.9 Å². The summed E-state index contributed by atoms with van der Waals surface area (Å²) in [6.45, 7) is 23.6. The minimum absolute atomic E-state index is 0.00121. The average molecular weight is 738 g/mol. The molecule has 4 saturated carbocycles. The van der Waals surface area contributed by atoms with Crippen LogP contribution in [-0.4, -0.2) is 45.8 Å². The highest BCUT2D eigenvalue weighted by atomic mass is 35.5. The maximum Gasteiger partial charge on any atom is 0.412 e. The third-order valence-electron chi connectivity index (χ3n) is 15.4. The second-order valence-electron chi connectivity index (χ2n) is 19.9. The Hall–Kier alpha value is -2.38. The van der Waals surface area contributed by atoms with E-state index in [1.54, 1.807) is 12.1 Å². The van der Waals surface area contributed by atoms with E-state index >= 15 is 0 Å². The molecule has 5 aliphatic rings. The summed E-state index contributed by atoms with van der Waals surface area (Å²) in [4.78, 5) is 42.0. The number of Topliss-reactive ketones (excluding diaryl/α,β-unsaturated/α-hetero) is 1. The minimum atomic E-state index is -1.24. The Morgan fingerprint density at radius 2 is 1.58 bits per heavy atom. The molecule has 1 aromatic carbocycles. The van der Waals surface area contributed by atoms with Crippen molar-refractivity contribution < 1.29 is 29.0 Å². The van der Waals surface area contributed by atoms with E-state index in [-0.39, 0.29) is 64.3 Å². The molecule has 5 aliphatic carbocycles. The summed E-state index contributed by atoms with van der Waals surface area (Å²) in [6.07, 6.45) is 5.87. The Morgan fingerprint density at radius 3 is 2.17 bits per heavy atom. The van der Waals surface area contributed by atoms with E-state index in [1.165, 1.54) is 11.8 Å². The number of amides is 1. The molecule has 6 rings (SSSR count). The van der Waals surface area contributed by atoms with E-state index in [4.69, 9.17) is 21.1 Å². The quantitative estimate of drug-likeness (QED) is 0.231. The summed E-state index contributed by atoms with van der Waals surface area (Å²) in [6, 6.07) is 7.33. The van der Waals surface area contributed by atoms with Crippen LogP contribution in [0.5, 0.6) is 0 Å². The van der Waals surface area contributed by atoms with Gasteiger partial charge in [0.2, 0.25) is 0 Å². The zero-order valence-electron chi connectivity index (χ0n) is 33.7. The fraction of sp³-hybridized carbons (Fsp3) is 0.750. The third-order valence-corrected chi connectivity index (χ3v) is 15.7. The van der Waals surface area contributed by atoms with Gasteiger partial charge in [0.25, 0.3) is 0 Å². The van der Waals surface area contributed by atoms with Crippen LogP contribution < -0.4 is 0 Å². The van der Waals surface area contributed by atoms with Crippen LogP contribution in [0.1, 0.15) is 140 Å². The summed E-state index contributed by atoms with van der Waals surface area (Å²) in [5.41, 5.74) is 1.05. The number of hydrogen-bond donors (Lipinski definition) is 1. The first-order chi connectivity index (χ1) is 24.0. The number of carbonyl (C=O) groups excluding carboxylic acids is 3. The molecule has 0 aliphatic heterocycles. The largest absolute Gasteiger partial charge is 0.462 e. The van der Waals surface area contributed by atoms with Gasteiger partial charge in [-0.2, -0.15) is 0 Å². The normalized spacial score (nSPS) is 37.4. The molecule has 0 heterocycles. The predicted octanol–water partition coefficient (Wildman–Crippen LogP) is 10.3. The van der Waals surface area contributed by atoms with Crippen LogP contribution in [-0.2, 0) is 25.6 Å². The first-order valence-electron chi connectivity index (χ1n) is 19.9.